The third kappa shape index (κ3) is 4.58. The molecule has 150 valence electrons. The SMILES string of the molecule is Cc1ccn(C[C@@H](C)C(=O)N2CCC(c3ccc(C(=O)N(C)C)cn3)CC2)n1. The number of aromatic nitrogens is 3. The van der Waals surface area contributed by atoms with Crippen LogP contribution in [-0.4, -0.2) is 63.6 Å². The molecule has 28 heavy (non-hydrogen) atoms. The fraction of sp³-hybridized carbons (Fsp3) is 0.524. The van der Waals surface area contributed by atoms with Gasteiger partial charge >= 0.3 is 0 Å². The molecule has 2 aromatic rings. The van der Waals surface area contributed by atoms with E-state index in [4.69, 9.17) is 0 Å². The zero-order valence-electron chi connectivity index (χ0n) is 17.1. The van der Waals surface area contributed by atoms with E-state index >= 15 is 0 Å². The number of nitrogens with zero attached hydrogens (tertiary/aromatic N) is 5. The molecule has 1 fully saturated rings. The number of amides is 2. The molecule has 3 rings (SSSR count). The Morgan fingerprint density at radius 3 is 2.46 bits per heavy atom. The van der Waals surface area contributed by atoms with Crippen LogP contribution in [0, 0.1) is 12.8 Å². The van der Waals surface area contributed by atoms with Gasteiger partial charge in [-0.05, 0) is 38.0 Å². The highest BCUT2D eigenvalue weighted by molar-refractivity contribution is 5.93. The van der Waals surface area contributed by atoms with Gasteiger partial charge in [-0.2, -0.15) is 5.10 Å². The fourth-order valence-electron chi connectivity index (χ4n) is 3.66. The molecule has 0 bridgehead atoms. The molecule has 2 amide bonds. The van der Waals surface area contributed by atoms with Gasteiger partial charge in [0, 0.05) is 51.2 Å². The molecular formula is C21H29N5O2. The van der Waals surface area contributed by atoms with Gasteiger partial charge < -0.3 is 9.80 Å². The van der Waals surface area contributed by atoms with Gasteiger partial charge in [-0.15, -0.1) is 0 Å². The normalized spacial score (nSPS) is 16.1. The minimum Gasteiger partial charge on any atom is -0.345 e. The molecule has 1 aliphatic heterocycles. The maximum absolute atomic E-state index is 12.8. The van der Waals surface area contributed by atoms with Crippen molar-refractivity contribution in [3.8, 4) is 0 Å². The topological polar surface area (TPSA) is 71.3 Å². The van der Waals surface area contributed by atoms with Crippen LogP contribution in [-0.2, 0) is 11.3 Å². The summed E-state index contributed by atoms with van der Waals surface area (Å²) in [5.41, 5.74) is 2.57. The number of piperidine rings is 1. The van der Waals surface area contributed by atoms with Crippen LogP contribution in [0.1, 0.15) is 47.4 Å². The average molecular weight is 383 g/mol. The predicted molar refractivity (Wildman–Crippen MR) is 107 cm³/mol. The summed E-state index contributed by atoms with van der Waals surface area (Å²) in [6.45, 7) is 6.01. The zero-order chi connectivity index (χ0) is 20.3. The maximum Gasteiger partial charge on any atom is 0.254 e. The fourth-order valence-corrected chi connectivity index (χ4v) is 3.66. The molecule has 0 radical (unpaired) electrons. The summed E-state index contributed by atoms with van der Waals surface area (Å²) in [6, 6.07) is 5.74. The number of aryl methyl sites for hydroxylation is 1. The summed E-state index contributed by atoms with van der Waals surface area (Å²) in [6.07, 6.45) is 5.37. The van der Waals surface area contributed by atoms with Crippen molar-refractivity contribution in [3.05, 3.63) is 47.5 Å². The zero-order valence-corrected chi connectivity index (χ0v) is 17.1. The molecule has 0 unspecified atom stereocenters. The van der Waals surface area contributed by atoms with E-state index in [2.05, 4.69) is 10.1 Å². The van der Waals surface area contributed by atoms with E-state index in [1.165, 1.54) is 0 Å². The van der Waals surface area contributed by atoms with E-state index in [-0.39, 0.29) is 17.7 Å². The van der Waals surface area contributed by atoms with E-state index in [0.717, 1.165) is 37.3 Å². The number of rotatable bonds is 5. The van der Waals surface area contributed by atoms with Crippen molar-refractivity contribution in [2.75, 3.05) is 27.2 Å². The van der Waals surface area contributed by atoms with Gasteiger partial charge in [0.25, 0.3) is 5.91 Å². The average Bonchev–Trinajstić information content (AvgIpc) is 3.11. The Labute approximate surface area is 166 Å². The molecule has 0 saturated carbocycles. The molecule has 1 saturated heterocycles. The molecule has 0 N–H and O–H groups in total. The van der Waals surface area contributed by atoms with Gasteiger partial charge in [-0.25, -0.2) is 0 Å². The Hall–Kier alpha value is -2.70. The number of likely N-dealkylation sites (tertiary alicyclic amines) is 1. The molecule has 0 spiro atoms. The van der Waals surface area contributed by atoms with Gasteiger partial charge in [0.1, 0.15) is 0 Å². The van der Waals surface area contributed by atoms with Gasteiger partial charge in [0.15, 0.2) is 0 Å². The maximum atomic E-state index is 12.8. The van der Waals surface area contributed by atoms with Gasteiger partial charge in [-0.3, -0.25) is 19.3 Å². The lowest BCUT2D eigenvalue weighted by atomic mass is 9.92. The number of hydrogen-bond acceptors (Lipinski definition) is 4. The lowest BCUT2D eigenvalue weighted by Gasteiger charge is -2.33. The van der Waals surface area contributed by atoms with Crippen LogP contribution in [0.25, 0.3) is 0 Å². The molecule has 2 aromatic heterocycles. The summed E-state index contributed by atoms with van der Waals surface area (Å²) in [5.74, 6) is 0.384. The first-order chi connectivity index (χ1) is 13.3. The Bertz CT molecular complexity index is 820. The van der Waals surface area contributed by atoms with Gasteiger partial charge in [0.05, 0.1) is 23.7 Å². The highest BCUT2D eigenvalue weighted by Gasteiger charge is 2.27. The minimum absolute atomic E-state index is 0.0409. The summed E-state index contributed by atoms with van der Waals surface area (Å²) in [7, 11) is 3.47. The van der Waals surface area contributed by atoms with Crippen molar-refractivity contribution in [1.82, 2.24) is 24.6 Å². The Morgan fingerprint density at radius 1 is 1.21 bits per heavy atom. The first-order valence-electron chi connectivity index (χ1n) is 9.81. The van der Waals surface area contributed by atoms with Gasteiger partial charge in [0.2, 0.25) is 5.91 Å². The first-order valence-corrected chi connectivity index (χ1v) is 9.81. The van der Waals surface area contributed by atoms with Crippen LogP contribution >= 0.6 is 0 Å². The highest BCUT2D eigenvalue weighted by atomic mass is 16.2. The molecule has 1 aliphatic rings. The van der Waals surface area contributed by atoms with E-state index < -0.39 is 0 Å². The van der Waals surface area contributed by atoms with Crippen molar-refractivity contribution in [2.45, 2.75) is 39.2 Å². The molecule has 0 aliphatic carbocycles. The van der Waals surface area contributed by atoms with E-state index in [1.807, 2.05) is 47.8 Å². The van der Waals surface area contributed by atoms with Crippen LogP contribution in [0.15, 0.2) is 30.6 Å². The predicted octanol–water partition coefficient (Wildman–Crippen LogP) is 2.33. The molecule has 1 atom stereocenters. The largest absolute Gasteiger partial charge is 0.345 e. The lowest BCUT2D eigenvalue weighted by molar-refractivity contribution is -0.136. The van der Waals surface area contributed by atoms with Crippen molar-refractivity contribution in [2.24, 2.45) is 5.92 Å². The molecule has 3 heterocycles. The van der Waals surface area contributed by atoms with Crippen LogP contribution < -0.4 is 0 Å². The summed E-state index contributed by atoms with van der Waals surface area (Å²) < 4.78 is 1.84. The lowest BCUT2D eigenvalue weighted by Crippen LogP contribution is -2.41. The third-order valence-electron chi connectivity index (χ3n) is 5.32. The molecule has 7 nitrogen and oxygen atoms in total. The minimum atomic E-state index is -0.0923. The van der Waals surface area contributed by atoms with Crippen molar-refractivity contribution in [3.63, 3.8) is 0 Å². The van der Waals surface area contributed by atoms with Crippen LogP contribution in [0.4, 0.5) is 0 Å². The Kier molecular flexibility index (Phi) is 6.11. The van der Waals surface area contributed by atoms with E-state index in [9.17, 15) is 9.59 Å². The molecule has 7 heteroatoms. The highest BCUT2D eigenvalue weighted by Crippen LogP contribution is 2.27. The summed E-state index contributed by atoms with van der Waals surface area (Å²) >= 11 is 0. The molecular weight excluding hydrogens is 354 g/mol. The standard InChI is InChI=1S/C21H29N5O2/c1-15(14-26-12-7-16(2)23-26)20(27)25-10-8-17(9-11-25)19-6-5-18(13-22-19)21(28)24(3)4/h5-7,12-13,15,17H,8-11,14H2,1-4H3/t15-/m1/s1. The van der Waals surface area contributed by atoms with Crippen molar-refractivity contribution < 1.29 is 9.59 Å². The van der Waals surface area contributed by atoms with Crippen molar-refractivity contribution in [1.29, 1.82) is 0 Å². The van der Waals surface area contributed by atoms with Gasteiger partial charge in [-0.1, -0.05) is 6.92 Å². The number of carbonyl (C=O) groups excluding carboxylic acids is 2. The summed E-state index contributed by atoms with van der Waals surface area (Å²) in [5, 5.41) is 4.37. The summed E-state index contributed by atoms with van der Waals surface area (Å²) in [4.78, 5) is 32.8. The second-order valence-corrected chi connectivity index (χ2v) is 7.85. The van der Waals surface area contributed by atoms with Crippen LogP contribution in [0.2, 0.25) is 0 Å². The first kappa shape index (κ1) is 20.0. The second-order valence-electron chi connectivity index (χ2n) is 7.85. The quantitative estimate of drug-likeness (QED) is 0.794. The van der Waals surface area contributed by atoms with E-state index in [1.54, 1.807) is 25.2 Å². The Morgan fingerprint density at radius 2 is 1.93 bits per heavy atom. The number of pyridine rings is 1. The monoisotopic (exact) mass is 383 g/mol. The number of carbonyl (C=O) groups is 2. The Balaban J connectivity index is 1.53. The van der Waals surface area contributed by atoms with E-state index in [0.29, 0.717) is 18.0 Å². The molecule has 0 aromatic carbocycles. The van der Waals surface area contributed by atoms with Crippen LogP contribution in [0.5, 0.6) is 0 Å². The number of hydrogen-bond donors (Lipinski definition) is 0. The smallest absolute Gasteiger partial charge is 0.254 e. The van der Waals surface area contributed by atoms with Crippen molar-refractivity contribution >= 4 is 11.8 Å². The van der Waals surface area contributed by atoms with Crippen LogP contribution in [0.3, 0.4) is 0 Å². The third-order valence-corrected chi connectivity index (χ3v) is 5.32. The second kappa shape index (κ2) is 8.54.